The molecule has 0 unspecified atom stereocenters. The topological polar surface area (TPSA) is 12.4 Å². The second kappa shape index (κ2) is 5.11. The van der Waals surface area contributed by atoms with Crippen LogP contribution in [0.4, 0.5) is 0 Å². The first-order valence-electron chi connectivity index (χ1n) is 4.27. The average Bonchev–Trinajstić information content (AvgIpc) is 1.84. The summed E-state index contributed by atoms with van der Waals surface area (Å²) in [5.74, 6) is 0. The molecule has 64 valence electrons. The highest BCUT2D eigenvalue weighted by Crippen LogP contribution is 1.98. The van der Waals surface area contributed by atoms with Gasteiger partial charge in [0.1, 0.15) is 0 Å². The van der Waals surface area contributed by atoms with Crippen LogP contribution in [0.5, 0.6) is 0 Å². The van der Waals surface area contributed by atoms with E-state index in [9.17, 15) is 0 Å². The fraction of sp³-hybridized carbons (Fsp3) is 0.700. The van der Waals surface area contributed by atoms with E-state index in [4.69, 9.17) is 0 Å². The van der Waals surface area contributed by atoms with Gasteiger partial charge < -0.3 is 0 Å². The molecule has 0 amide bonds. The van der Waals surface area contributed by atoms with Crippen LogP contribution >= 0.6 is 0 Å². The highest BCUT2D eigenvalue weighted by molar-refractivity contribution is 5.95. The lowest BCUT2D eigenvalue weighted by molar-refractivity contribution is 0.832. The Kier molecular flexibility index (Phi) is 4.84. The zero-order valence-electron chi connectivity index (χ0n) is 8.31. The van der Waals surface area contributed by atoms with Gasteiger partial charge in [-0.3, -0.25) is 4.99 Å². The van der Waals surface area contributed by atoms with Crippen molar-refractivity contribution in [1.82, 2.24) is 0 Å². The Labute approximate surface area is 70.2 Å². The summed E-state index contributed by atoms with van der Waals surface area (Å²) >= 11 is 0. The molecular weight excluding hydrogens is 134 g/mol. The normalized spacial score (nSPS) is 12.0. The van der Waals surface area contributed by atoms with E-state index in [1.807, 2.05) is 0 Å². The number of allylic oxidation sites excluding steroid dienone is 2. The van der Waals surface area contributed by atoms with E-state index in [-0.39, 0.29) is 0 Å². The molecule has 0 heterocycles. The molecule has 0 aromatic heterocycles. The molecule has 11 heavy (non-hydrogen) atoms. The largest absolute Gasteiger partial charge is 0.287 e. The van der Waals surface area contributed by atoms with Crippen molar-refractivity contribution in [2.24, 2.45) is 4.99 Å². The van der Waals surface area contributed by atoms with Gasteiger partial charge in [-0.15, -0.1) is 0 Å². The minimum absolute atomic E-state index is 0.417. The van der Waals surface area contributed by atoms with E-state index in [2.05, 4.69) is 45.7 Å². The lowest BCUT2D eigenvalue weighted by atomic mass is 10.2. The summed E-state index contributed by atoms with van der Waals surface area (Å²) in [5, 5.41) is 0. The van der Waals surface area contributed by atoms with Gasteiger partial charge in [-0.05, 0) is 40.2 Å². The van der Waals surface area contributed by atoms with Gasteiger partial charge in [0.2, 0.25) is 0 Å². The van der Waals surface area contributed by atoms with E-state index in [1.54, 1.807) is 0 Å². The SMILES string of the molecule is CCC(C=C(C)C)=NC(C)C. The van der Waals surface area contributed by atoms with E-state index >= 15 is 0 Å². The number of hydrogen-bond donors (Lipinski definition) is 0. The summed E-state index contributed by atoms with van der Waals surface area (Å²) in [6.07, 6.45) is 3.18. The monoisotopic (exact) mass is 153 g/mol. The van der Waals surface area contributed by atoms with Gasteiger partial charge in [0.25, 0.3) is 0 Å². The van der Waals surface area contributed by atoms with Crippen molar-refractivity contribution < 1.29 is 0 Å². The molecule has 0 fully saturated rings. The third-order valence-corrected chi connectivity index (χ3v) is 1.24. The Morgan fingerprint density at radius 2 is 1.91 bits per heavy atom. The fourth-order valence-corrected chi connectivity index (χ4v) is 0.895. The van der Waals surface area contributed by atoms with Crippen molar-refractivity contribution in [3.05, 3.63) is 11.6 Å². The van der Waals surface area contributed by atoms with E-state index < -0.39 is 0 Å². The molecule has 0 spiro atoms. The second-order valence-electron chi connectivity index (χ2n) is 3.29. The first kappa shape index (κ1) is 10.4. The average molecular weight is 153 g/mol. The quantitative estimate of drug-likeness (QED) is 0.552. The van der Waals surface area contributed by atoms with Gasteiger partial charge in [-0.25, -0.2) is 0 Å². The molecule has 0 atom stereocenters. The molecule has 0 aromatic carbocycles. The Balaban J connectivity index is 4.29. The smallest absolute Gasteiger partial charge is 0.0446 e. The van der Waals surface area contributed by atoms with Crippen LogP contribution in [0.15, 0.2) is 16.6 Å². The summed E-state index contributed by atoms with van der Waals surface area (Å²) in [6, 6.07) is 0.417. The zero-order valence-corrected chi connectivity index (χ0v) is 8.31. The number of rotatable bonds is 3. The second-order valence-corrected chi connectivity index (χ2v) is 3.29. The third-order valence-electron chi connectivity index (χ3n) is 1.24. The maximum atomic E-state index is 4.48. The Morgan fingerprint density at radius 1 is 1.36 bits per heavy atom. The predicted molar refractivity (Wildman–Crippen MR) is 52.3 cm³/mol. The van der Waals surface area contributed by atoms with E-state index in [0.717, 1.165) is 6.42 Å². The fourth-order valence-electron chi connectivity index (χ4n) is 0.895. The summed E-state index contributed by atoms with van der Waals surface area (Å²) in [5.41, 5.74) is 2.53. The van der Waals surface area contributed by atoms with Crippen LogP contribution in [0.3, 0.4) is 0 Å². The molecule has 0 aliphatic carbocycles. The minimum Gasteiger partial charge on any atom is -0.287 e. The molecule has 0 aliphatic heterocycles. The molecule has 0 aliphatic rings. The highest BCUT2D eigenvalue weighted by atomic mass is 14.8. The molecular formula is C10H19N. The molecule has 0 saturated carbocycles. The summed E-state index contributed by atoms with van der Waals surface area (Å²) in [4.78, 5) is 4.48. The first-order chi connectivity index (χ1) is 5.06. The van der Waals surface area contributed by atoms with E-state index in [0.29, 0.717) is 6.04 Å². The van der Waals surface area contributed by atoms with Gasteiger partial charge in [0, 0.05) is 11.8 Å². The van der Waals surface area contributed by atoms with Crippen molar-refractivity contribution in [3.8, 4) is 0 Å². The highest BCUT2D eigenvalue weighted by Gasteiger charge is 1.92. The molecule has 0 rings (SSSR count). The van der Waals surface area contributed by atoms with Gasteiger partial charge in [-0.1, -0.05) is 12.5 Å². The van der Waals surface area contributed by atoms with Crippen LogP contribution in [-0.4, -0.2) is 11.8 Å². The summed E-state index contributed by atoms with van der Waals surface area (Å²) in [6.45, 7) is 10.6. The van der Waals surface area contributed by atoms with E-state index in [1.165, 1.54) is 11.3 Å². The Bertz CT molecular complexity index is 160. The lowest BCUT2D eigenvalue weighted by Crippen LogP contribution is -1.98. The minimum atomic E-state index is 0.417. The standard InChI is InChI=1S/C10H19N/c1-6-10(7-8(2)3)11-9(4)5/h7,9H,6H2,1-5H3. The molecule has 1 heteroatoms. The summed E-state index contributed by atoms with van der Waals surface area (Å²) in [7, 11) is 0. The molecule has 1 nitrogen and oxygen atoms in total. The molecule has 0 radical (unpaired) electrons. The van der Waals surface area contributed by atoms with Crippen molar-refractivity contribution >= 4 is 5.71 Å². The molecule has 0 N–H and O–H groups in total. The predicted octanol–water partition coefficient (Wildman–Crippen LogP) is 3.21. The van der Waals surface area contributed by atoms with Gasteiger partial charge in [-0.2, -0.15) is 0 Å². The Morgan fingerprint density at radius 3 is 2.18 bits per heavy atom. The van der Waals surface area contributed by atoms with Crippen LogP contribution in [0.25, 0.3) is 0 Å². The van der Waals surface area contributed by atoms with Crippen LogP contribution in [0, 0.1) is 0 Å². The lowest BCUT2D eigenvalue weighted by Gasteiger charge is -2.01. The zero-order chi connectivity index (χ0) is 8.85. The van der Waals surface area contributed by atoms with Gasteiger partial charge >= 0.3 is 0 Å². The van der Waals surface area contributed by atoms with Crippen molar-refractivity contribution in [1.29, 1.82) is 0 Å². The summed E-state index contributed by atoms with van der Waals surface area (Å²) < 4.78 is 0. The van der Waals surface area contributed by atoms with Crippen LogP contribution < -0.4 is 0 Å². The molecule has 0 bridgehead atoms. The number of aliphatic imine (C=N–C) groups is 1. The third kappa shape index (κ3) is 5.84. The number of nitrogens with zero attached hydrogens (tertiary/aromatic N) is 1. The van der Waals surface area contributed by atoms with Gasteiger partial charge in [0.15, 0.2) is 0 Å². The Hall–Kier alpha value is -0.590. The van der Waals surface area contributed by atoms with Gasteiger partial charge in [0.05, 0.1) is 0 Å². The maximum absolute atomic E-state index is 4.48. The molecule has 0 saturated heterocycles. The first-order valence-corrected chi connectivity index (χ1v) is 4.27. The molecule has 0 aromatic rings. The van der Waals surface area contributed by atoms with Crippen LogP contribution in [0.2, 0.25) is 0 Å². The van der Waals surface area contributed by atoms with Crippen LogP contribution in [-0.2, 0) is 0 Å². The van der Waals surface area contributed by atoms with Crippen molar-refractivity contribution in [2.45, 2.75) is 47.1 Å². The van der Waals surface area contributed by atoms with Crippen LogP contribution in [0.1, 0.15) is 41.0 Å². The van der Waals surface area contributed by atoms with Crippen molar-refractivity contribution in [2.75, 3.05) is 0 Å². The number of hydrogen-bond acceptors (Lipinski definition) is 1. The maximum Gasteiger partial charge on any atom is 0.0446 e. The van der Waals surface area contributed by atoms with Crippen molar-refractivity contribution in [3.63, 3.8) is 0 Å².